The van der Waals surface area contributed by atoms with E-state index in [1.54, 1.807) is 6.07 Å². The van der Waals surface area contributed by atoms with Crippen LogP contribution in [0.25, 0.3) is 0 Å². The molecule has 1 aliphatic rings. The third-order valence-electron chi connectivity index (χ3n) is 2.77. The second-order valence-electron chi connectivity index (χ2n) is 3.88. The van der Waals surface area contributed by atoms with Crippen molar-refractivity contribution in [3.8, 4) is 0 Å². The number of rotatable bonds is 2. The number of carbonyl (C=O) groups excluding carboxylic acids is 1. The SMILES string of the molecule is COC(=O)c1cc(Br)cc(N2CCCC2)c1. The lowest BCUT2D eigenvalue weighted by Gasteiger charge is -2.18. The Labute approximate surface area is 104 Å². The molecule has 0 saturated carbocycles. The number of anilines is 1. The molecule has 4 heteroatoms. The first-order valence-corrected chi connectivity index (χ1v) is 6.14. The van der Waals surface area contributed by atoms with Crippen molar-refractivity contribution in [1.82, 2.24) is 0 Å². The summed E-state index contributed by atoms with van der Waals surface area (Å²) in [4.78, 5) is 13.8. The van der Waals surface area contributed by atoms with E-state index in [1.165, 1.54) is 20.0 Å². The second kappa shape index (κ2) is 4.87. The largest absolute Gasteiger partial charge is 0.465 e. The molecular weight excluding hydrogens is 270 g/mol. The van der Waals surface area contributed by atoms with Gasteiger partial charge in [-0.2, -0.15) is 0 Å². The molecule has 0 amide bonds. The molecule has 1 heterocycles. The minimum Gasteiger partial charge on any atom is -0.465 e. The Balaban J connectivity index is 2.31. The first kappa shape index (κ1) is 11.5. The van der Waals surface area contributed by atoms with Gasteiger partial charge in [0.15, 0.2) is 0 Å². The summed E-state index contributed by atoms with van der Waals surface area (Å²) in [5, 5.41) is 0. The number of hydrogen-bond acceptors (Lipinski definition) is 3. The van der Waals surface area contributed by atoms with Crippen LogP contribution in [0.5, 0.6) is 0 Å². The molecule has 1 fully saturated rings. The number of carbonyl (C=O) groups is 1. The van der Waals surface area contributed by atoms with Gasteiger partial charge in [0.1, 0.15) is 0 Å². The second-order valence-corrected chi connectivity index (χ2v) is 4.80. The van der Waals surface area contributed by atoms with Gasteiger partial charge in [-0.15, -0.1) is 0 Å². The van der Waals surface area contributed by atoms with Gasteiger partial charge < -0.3 is 9.64 Å². The van der Waals surface area contributed by atoms with Gasteiger partial charge in [-0.3, -0.25) is 0 Å². The summed E-state index contributed by atoms with van der Waals surface area (Å²) in [7, 11) is 1.40. The Morgan fingerprint density at radius 2 is 2.00 bits per heavy atom. The van der Waals surface area contributed by atoms with E-state index in [1.807, 2.05) is 12.1 Å². The zero-order valence-corrected chi connectivity index (χ0v) is 10.8. The van der Waals surface area contributed by atoms with Crippen molar-refractivity contribution in [2.24, 2.45) is 0 Å². The summed E-state index contributed by atoms with van der Waals surface area (Å²) in [5.74, 6) is -0.290. The molecule has 1 saturated heterocycles. The van der Waals surface area contributed by atoms with E-state index in [9.17, 15) is 4.79 Å². The van der Waals surface area contributed by atoms with Crippen LogP contribution < -0.4 is 4.90 Å². The maximum absolute atomic E-state index is 11.5. The van der Waals surface area contributed by atoms with E-state index in [0.717, 1.165) is 23.2 Å². The lowest BCUT2D eigenvalue weighted by Crippen LogP contribution is -2.18. The maximum atomic E-state index is 11.5. The van der Waals surface area contributed by atoms with E-state index >= 15 is 0 Å². The summed E-state index contributed by atoms with van der Waals surface area (Å²) in [5.41, 5.74) is 1.69. The van der Waals surface area contributed by atoms with Crippen LogP contribution in [0.3, 0.4) is 0 Å². The quantitative estimate of drug-likeness (QED) is 0.782. The Morgan fingerprint density at radius 1 is 1.31 bits per heavy atom. The minimum absolute atomic E-state index is 0.290. The summed E-state index contributed by atoms with van der Waals surface area (Å²) in [6.45, 7) is 2.13. The van der Waals surface area contributed by atoms with E-state index in [0.29, 0.717) is 5.56 Å². The van der Waals surface area contributed by atoms with Gasteiger partial charge in [0.25, 0.3) is 0 Å². The standard InChI is InChI=1S/C12H14BrNO2/c1-16-12(15)9-6-10(13)8-11(7-9)14-4-2-3-5-14/h6-8H,2-5H2,1H3. The summed E-state index contributed by atoms with van der Waals surface area (Å²) < 4.78 is 5.64. The summed E-state index contributed by atoms with van der Waals surface area (Å²) in [6, 6.07) is 5.71. The molecule has 0 spiro atoms. The molecular formula is C12H14BrNO2. The average molecular weight is 284 g/mol. The fraction of sp³-hybridized carbons (Fsp3) is 0.417. The minimum atomic E-state index is -0.290. The van der Waals surface area contributed by atoms with E-state index in [2.05, 4.69) is 20.8 Å². The van der Waals surface area contributed by atoms with Gasteiger partial charge in [0.05, 0.1) is 12.7 Å². The van der Waals surface area contributed by atoms with Crippen molar-refractivity contribution < 1.29 is 9.53 Å². The third kappa shape index (κ3) is 2.38. The van der Waals surface area contributed by atoms with Crippen LogP contribution in [0.4, 0.5) is 5.69 Å². The highest BCUT2D eigenvalue weighted by Gasteiger charge is 2.15. The first-order chi connectivity index (χ1) is 7.70. The highest BCUT2D eigenvalue weighted by atomic mass is 79.9. The van der Waals surface area contributed by atoms with Crippen molar-refractivity contribution >= 4 is 27.6 Å². The van der Waals surface area contributed by atoms with Crippen LogP contribution in [-0.2, 0) is 4.74 Å². The van der Waals surface area contributed by atoms with Crippen molar-refractivity contribution in [3.63, 3.8) is 0 Å². The van der Waals surface area contributed by atoms with Crippen LogP contribution in [0, 0.1) is 0 Å². The maximum Gasteiger partial charge on any atom is 0.337 e. The molecule has 0 radical (unpaired) electrons. The predicted octanol–water partition coefficient (Wildman–Crippen LogP) is 2.84. The molecule has 0 bridgehead atoms. The molecule has 86 valence electrons. The van der Waals surface area contributed by atoms with E-state index < -0.39 is 0 Å². The lowest BCUT2D eigenvalue weighted by molar-refractivity contribution is 0.0600. The topological polar surface area (TPSA) is 29.5 Å². The fourth-order valence-corrected chi connectivity index (χ4v) is 2.45. The van der Waals surface area contributed by atoms with Gasteiger partial charge in [0, 0.05) is 23.2 Å². The Bertz CT molecular complexity index is 400. The highest BCUT2D eigenvalue weighted by Crippen LogP contribution is 2.26. The molecule has 0 unspecified atom stereocenters. The Hall–Kier alpha value is -1.03. The third-order valence-corrected chi connectivity index (χ3v) is 3.23. The molecule has 3 nitrogen and oxygen atoms in total. The number of hydrogen-bond donors (Lipinski definition) is 0. The molecule has 0 aromatic heterocycles. The average Bonchev–Trinajstić information content (AvgIpc) is 2.80. The first-order valence-electron chi connectivity index (χ1n) is 5.34. The monoisotopic (exact) mass is 283 g/mol. The van der Waals surface area contributed by atoms with Crippen LogP contribution in [0.1, 0.15) is 23.2 Å². The van der Waals surface area contributed by atoms with Crippen LogP contribution in [0.2, 0.25) is 0 Å². The zero-order valence-electron chi connectivity index (χ0n) is 9.20. The number of methoxy groups -OCH3 is 1. The number of nitrogens with zero attached hydrogens (tertiary/aromatic N) is 1. The van der Waals surface area contributed by atoms with Crippen LogP contribution in [-0.4, -0.2) is 26.2 Å². The highest BCUT2D eigenvalue weighted by molar-refractivity contribution is 9.10. The molecule has 16 heavy (non-hydrogen) atoms. The number of ether oxygens (including phenoxy) is 1. The molecule has 0 aliphatic carbocycles. The Morgan fingerprint density at radius 3 is 2.62 bits per heavy atom. The Kier molecular flexibility index (Phi) is 3.49. The van der Waals surface area contributed by atoms with Crippen molar-refractivity contribution in [2.75, 3.05) is 25.1 Å². The summed E-state index contributed by atoms with van der Waals surface area (Å²) in [6.07, 6.45) is 2.44. The van der Waals surface area contributed by atoms with Gasteiger partial charge in [0.2, 0.25) is 0 Å². The van der Waals surface area contributed by atoms with E-state index in [4.69, 9.17) is 4.74 Å². The van der Waals surface area contributed by atoms with Gasteiger partial charge in [-0.1, -0.05) is 15.9 Å². The van der Waals surface area contributed by atoms with Crippen LogP contribution >= 0.6 is 15.9 Å². The fourth-order valence-electron chi connectivity index (χ4n) is 1.97. The number of esters is 1. The van der Waals surface area contributed by atoms with Crippen molar-refractivity contribution in [2.45, 2.75) is 12.8 Å². The molecule has 2 rings (SSSR count). The molecule has 1 aromatic carbocycles. The van der Waals surface area contributed by atoms with Gasteiger partial charge in [-0.05, 0) is 31.0 Å². The van der Waals surface area contributed by atoms with Crippen LogP contribution in [0.15, 0.2) is 22.7 Å². The molecule has 0 N–H and O–H groups in total. The molecule has 0 atom stereocenters. The van der Waals surface area contributed by atoms with Crippen molar-refractivity contribution in [1.29, 1.82) is 0 Å². The summed E-state index contributed by atoms with van der Waals surface area (Å²) >= 11 is 3.42. The molecule has 1 aromatic rings. The number of halogens is 1. The number of benzene rings is 1. The normalized spacial score (nSPS) is 15.2. The smallest absolute Gasteiger partial charge is 0.337 e. The molecule has 1 aliphatic heterocycles. The lowest BCUT2D eigenvalue weighted by atomic mass is 10.2. The zero-order chi connectivity index (χ0) is 11.5. The predicted molar refractivity (Wildman–Crippen MR) is 66.9 cm³/mol. The van der Waals surface area contributed by atoms with E-state index in [-0.39, 0.29) is 5.97 Å². The van der Waals surface area contributed by atoms with Gasteiger partial charge >= 0.3 is 5.97 Å². The van der Waals surface area contributed by atoms with Gasteiger partial charge in [-0.25, -0.2) is 4.79 Å². The van der Waals surface area contributed by atoms with Crippen molar-refractivity contribution in [3.05, 3.63) is 28.2 Å².